The summed E-state index contributed by atoms with van der Waals surface area (Å²) in [7, 11) is -3.64. The highest BCUT2D eigenvalue weighted by Crippen LogP contribution is 2.25. The third-order valence-electron chi connectivity index (χ3n) is 2.91. The van der Waals surface area contributed by atoms with Crippen LogP contribution in [0.4, 0.5) is 5.69 Å². The Bertz CT molecular complexity index is 610. The minimum atomic E-state index is -3.64. The molecule has 0 aromatic heterocycles. The van der Waals surface area contributed by atoms with Gasteiger partial charge >= 0.3 is 5.97 Å². The maximum Gasteiger partial charge on any atom is 0.335 e. The fraction of sp³-hybridized carbons (Fsp3) is 0.417. The highest BCUT2D eigenvalue weighted by Gasteiger charge is 2.24. The molecule has 2 N–H and O–H groups in total. The second kappa shape index (κ2) is 5.99. The van der Waals surface area contributed by atoms with Gasteiger partial charge in [0.1, 0.15) is 0 Å². The lowest BCUT2D eigenvalue weighted by Gasteiger charge is -2.13. The molecule has 1 saturated heterocycles. The average molecular weight is 320 g/mol. The van der Waals surface area contributed by atoms with E-state index in [1.165, 1.54) is 18.2 Å². The van der Waals surface area contributed by atoms with Crippen LogP contribution in [0.25, 0.3) is 0 Å². The largest absolute Gasteiger partial charge is 0.478 e. The van der Waals surface area contributed by atoms with Gasteiger partial charge in [-0.2, -0.15) is 0 Å². The number of ether oxygens (including phenoxy) is 1. The summed E-state index contributed by atoms with van der Waals surface area (Å²) in [5.41, 5.74) is 0.0220. The van der Waals surface area contributed by atoms with Crippen molar-refractivity contribution in [2.75, 3.05) is 17.1 Å². The number of halogens is 1. The molecule has 1 aromatic rings. The molecule has 1 aliphatic rings. The first-order valence-corrected chi connectivity index (χ1v) is 8.05. The number of sulfonamides is 1. The number of nitrogens with one attached hydrogen (secondary N) is 1. The lowest BCUT2D eigenvalue weighted by Crippen LogP contribution is -2.25. The molecule has 1 atom stereocenters. The van der Waals surface area contributed by atoms with Gasteiger partial charge in [0.05, 0.1) is 28.1 Å². The SMILES string of the molecule is O=C(O)c1ccc(Cl)c(NS(=O)(=O)CC2CCCO2)c1. The number of carbonyl (C=O) groups is 1. The molecule has 20 heavy (non-hydrogen) atoms. The molecule has 110 valence electrons. The van der Waals surface area contributed by atoms with Crippen LogP contribution in [0.15, 0.2) is 18.2 Å². The lowest BCUT2D eigenvalue weighted by atomic mass is 10.2. The number of anilines is 1. The fourth-order valence-corrected chi connectivity index (χ4v) is 3.53. The summed E-state index contributed by atoms with van der Waals surface area (Å²) in [6.45, 7) is 0.565. The summed E-state index contributed by atoms with van der Waals surface area (Å²) in [6.07, 6.45) is 1.22. The first-order valence-electron chi connectivity index (χ1n) is 6.02. The number of carboxylic acids is 1. The van der Waals surface area contributed by atoms with Gasteiger partial charge in [0, 0.05) is 6.61 Å². The summed E-state index contributed by atoms with van der Waals surface area (Å²) in [6, 6.07) is 3.84. The maximum atomic E-state index is 12.0. The van der Waals surface area contributed by atoms with Crippen molar-refractivity contribution in [2.24, 2.45) is 0 Å². The Morgan fingerprint density at radius 3 is 2.85 bits per heavy atom. The van der Waals surface area contributed by atoms with Gasteiger partial charge in [0.25, 0.3) is 0 Å². The maximum absolute atomic E-state index is 12.0. The van der Waals surface area contributed by atoms with E-state index in [0.717, 1.165) is 6.42 Å². The number of hydrogen-bond acceptors (Lipinski definition) is 4. The molecule has 8 heteroatoms. The van der Waals surface area contributed by atoms with Crippen LogP contribution in [0.2, 0.25) is 5.02 Å². The second-order valence-electron chi connectivity index (χ2n) is 4.52. The third-order valence-corrected chi connectivity index (χ3v) is 4.58. The van der Waals surface area contributed by atoms with Crippen LogP contribution in [0.3, 0.4) is 0 Å². The fourth-order valence-electron chi connectivity index (χ4n) is 1.97. The van der Waals surface area contributed by atoms with Gasteiger partial charge in [-0.3, -0.25) is 4.72 Å². The van der Waals surface area contributed by atoms with E-state index in [9.17, 15) is 13.2 Å². The molecule has 1 aliphatic heterocycles. The first-order chi connectivity index (χ1) is 9.37. The van der Waals surface area contributed by atoms with Gasteiger partial charge in [0.15, 0.2) is 0 Å². The van der Waals surface area contributed by atoms with E-state index < -0.39 is 16.0 Å². The van der Waals surface area contributed by atoms with Gasteiger partial charge in [-0.15, -0.1) is 0 Å². The van der Waals surface area contributed by atoms with E-state index in [1.807, 2.05) is 0 Å². The zero-order chi connectivity index (χ0) is 14.8. The standard InChI is InChI=1S/C12H14ClNO5S/c13-10-4-3-8(12(15)16)6-11(10)14-20(17,18)7-9-2-1-5-19-9/h3-4,6,9,14H,1-2,5,7H2,(H,15,16). The molecule has 1 unspecified atom stereocenters. The van der Waals surface area contributed by atoms with Crippen molar-refractivity contribution in [2.45, 2.75) is 18.9 Å². The van der Waals surface area contributed by atoms with Crippen molar-refractivity contribution in [3.05, 3.63) is 28.8 Å². The topological polar surface area (TPSA) is 92.7 Å². The van der Waals surface area contributed by atoms with E-state index in [2.05, 4.69) is 4.72 Å². The smallest absolute Gasteiger partial charge is 0.335 e. The third kappa shape index (κ3) is 3.84. The summed E-state index contributed by atoms with van der Waals surface area (Å²) >= 11 is 5.87. The molecule has 0 spiro atoms. The summed E-state index contributed by atoms with van der Waals surface area (Å²) in [5, 5.41) is 9.03. The highest BCUT2D eigenvalue weighted by atomic mass is 35.5. The van der Waals surface area contributed by atoms with E-state index in [4.69, 9.17) is 21.4 Å². The zero-order valence-corrected chi connectivity index (χ0v) is 12.1. The van der Waals surface area contributed by atoms with Gasteiger partial charge in [-0.25, -0.2) is 13.2 Å². The predicted octanol–water partition coefficient (Wildman–Crippen LogP) is 1.96. The Morgan fingerprint density at radius 1 is 1.50 bits per heavy atom. The van der Waals surface area contributed by atoms with Crippen molar-refractivity contribution >= 4 is 33.3 Å². The summed E-state index contributed by atoms with van der Waals surface area (Å²) in [5.74, 6) is -1.32. The molecule has 0 saturated carbocycles. The molecular formula is C12H14ClNO5S. The van der Waals surface area contributed by atoms with Gasteiger partial charge < -0.3 is 9.84 Å². The van der Waals surface area contributed by atoms with Crippen LogP contribution in [0.5, 0.6) is 0 Å². The number of carboxylic acid groups (broad SMARTS) is 1. The number of rotatable bonds is 5. The molecule has 1 heterocycles. The molecule has 0 aliphatic carbocycles. The predicted molar refractivity (Wildman–Crippen MR) is 74.8 cm³/mol. The molecule has 1 aromatic carbocycles. The van der Waals surface area contributed by atoms with Crippen molar-refractivity contribution in [3.8, 4) is 0 Å². The Kier molecular flexibility index (Phi) is 4.52. The van der Waals surface area contributed by atoms with Crippen molar-refractivity contribution in [1.29, 1.82) is 0 Å². The van der Waals surface area contributed by atoms with Gasteiger partial charge in [0.2, 0.25) is 10.0 Å². The van der Waals surface area contributed by atoms with Crippen LogP contribution >= 0.6 is 11.6 Å². The number of aromatic carboxylic acids is 1. The first kappa shape index (κ1) is 15.1. The van der Waals surface area contributed by atoms with E-state index in [0.29, 0.717) is 13.0 Å². The Morgan fingerprint density at radius 2 is 2.25 bits per heavy atom. The van der Waals surface area contributed by atoms with Gasteiger partial charge in [-0.05, 0) is 31.0 Å². The number of hydrogen-bond donors (Lipinski definition) is 2. The van der Waals surface area contributed by atoms with Gasteiger partial charge in [-0.1, -0.05) is 11.6 Å². The summed E-state index contributed by atoms with van der Waals surface area (Å²) < 4.78 is 31.6. The van der Waals surface area contributed by atoms with Crippen LogP contribution in [-0.4, -0.2) is 38.0 Å². The number of benzene rings is 1. The van der Waals surface area contributed by atoms with Crippen molar-refractivity contribution < 1.29 is 23.1 Å². The van der Waals surface area contributed by atoms with E-state index in [-0.39, 0.29) is 28.1 Å². The van der Waals surface area contributed by atoms with Crippen molar-refractivity contribution in [3.63, 3.8) is 0 Å². The minimum Gasteiger partial charge on any atom is -0.478 e. The van der Waals surface area contributed by atoms with E-state index in [1.54, 1.807) is 0 Å². The van der Waals surface area contributed by atoms with Crippen LogP contribution < -0.4 is 4.72 Å². The van der Waals surface area contributed by atoms with Crippen LogP contribution in [-0.2, 0) is 14.8 Å². The molecule has 0 bridgehead atoms. The zero-order valence-electron chi connectivity index (χ0n) is 10.5. The Balaban J connectivity index is 2.15. The highest BCUT2D eigenvalue weighted by molar-refractivity contribution is 7.92. The van der Waals surface area contributed by atoms with E-state index >= 15 is 0 Å². The molecule has 2 rings (SSSR count). The van der Waals surface area contributed by atoms with Crippen molar-refractivity contribution in [1.82, 2.24) is 0 Å². The molecule has 1 fully saturated rings. The average Bonchev–Trinajstić information content (AvgIpc) is 2.83. The monoisotopic (exact) mass is 319 g/mol. The minimum absolute atomic E-state index is 0.0378. The Labute approximate surface area is 121 Å². The Hall–Kier alpha value is -1.31. The normalized spacial score (nSPS) is 18.9. The van der Waals surface area contributed by atoms with Crippen LogP contribution in [0.1, 0.15) is 23.2 Å². The molecule has 0 radical (unpaired) electrons. The molecule has 0 amide bonds. The molecular weight excluding hydrogens is 306 g/mol. The summed E-state index contributed by atoms with van der Waals surface area (Å²) in [4.78, 5) is 10.9. The lowest BCUT2D eigenvalue weighted by molar-refractivity contribution is 0.0697. The quantitative estimate of drug-likeness (QED) is 0.865. The second-order valence-corrected chi connectivity index (χ2v) is 6.69. The molecule has 6 nitrogen and oxygen atoms in total. The van der Waals surface area contributed by atoms with Crippen LogP contribution in [0, 0.1) is 0 Å².